The van der Waals surface area contributed by atoms with Crippen molar-refractivity contribution in [2.75, 3.05) is 19.6 Å². The third-order valence-electron chi connectivity index (χ3n) is 10.3. The van der Waals surface area contributed by atoms with Gasteiger partial charge in [0.05, 0.1) is 12.6 Å². The zero-order valence-corrected chi connectivity index (χ0v) is 35.7. The van der Waals surface area contributed by atoms with Gasteiger partial charge in [0, 0.05) is 36.5 Å². The van der Waals surface area contributed by atoms with E-state index in [2.05, 4.69) is 36.6 Å². The monoisotopic (exact) mass is 850 g/mol. The number of benzene rings is 3. The standard InChI is InChI=1S/C46H62N10O6/c1-30(2)25-35(29-57)53-43(60)38(15-8-9-23-47)55-44(61)39(16-10-24-50-46(48)49)56-45(62)40(26-31-17-19-33(20-18-31)32-11-4-3-5-12-32)54-42(59)28-52-41(58)22-21-34-27-51-37-14-7-6-13-36(34)37/h3-7,11-14,17-20,27,29-30,35,38-40,51H,8-10,15-16,21-26,28,47H2,1-2H3,(H,52,58)(H,53,60)(H,54,59)(H,55,61)(H,56,62)(H4,48,49,50)/t35-,38?,39?,40?/m1/s1. The SMILES string of the molecule is CC(C)C[C@H](C=O)NC(=O)C(CCCCN)NC(=O)C(CCCN=C(N)N)NC(=O)C(Cc1ccc(-c2ccccc2)cc1)NC(=O)CNC(=O)CCc1c[nH]c2ccccc12. The van der Waals surface area contributed by atoms with Gasteiger partial charge in [0.25, 0.3) is 0 Å². The maximum Gasteiger partial charge on any atom is 0.243 e. The summed E-state index contributed by atoms with van der Waals surface area (Å²) >= 11 is 0. The molecule has 332 valence electrons. The van der Waals surface area contributed by atoms with Crippen LogP contribution in [0.2, 0.25) is 0 Å². The smallest absolute Gasteiger partial charge is 0.243 e. The molecule has 0 saturated heterocycles. The number of nitrogens with zero attached hydrogens (tertiary/aromatic N) is 1. The van der Waals surface area contributed by atoms with Crippen LogP contribution in [0.5, 0.6) is 0 Å². The number of guanidine groups is 1. The fraction of sp³-hybridized carbons (Fsp3) is 0.413. The highest BCUT2D eigenvalue weighted by Crippen LogP contribution is 2.21. The van der Waals surface area contributed by atoms with Gasteiger partial charge in [-0.05, 0) is 85.7 Å². The second-order valence-electron chi connectivity index (χ2n) is 15.8. The molecule has 12 N–H and O–H groups in total. The van der Waals surface area contributed by atoms with Crippen molar-refractivity contribution in [2.45, 2.75) is 95.8 Å². The van der Waals surface area contributed by atoms with Crippen LogP contribution in [-0.4, -0.2) is 90.6 Å². The molecule has 4 rings (SSSR count). The molecular weight excluding hydrogens is 789 g/mol. The molecule has 1 heterocycles. The van der Waals surface area contributed by atoms with Gasteiger partial charge in [-0.3, -0.25) is 29.0 Å². The maximum atomic E-state index is 14.2. The summed E-state index contributed by atoms with van der Waals surface area (Å²) < 4.78 is 0. The van der Waals surface area contributed by atoms with Crippen LogP contribution < -0.4 is 43.8 Å². The molecule has 62 heavy (non-hydrogen) atoms. The van der Waals surface area contributed by atoms with Crippen molar-refractivity contribution in [3.63, 3.8) is 0 Å². The number of aryl methyl sites for hydroxylation is 1. The number of unbranched alkanes of at least 4 members (excludes halogenated alkanes) is 1. The first-order valence-electron chi connectivity index (χ1n) is 21.2. The predicted octanol–water partition coefficient (Wildman–Crippen LogP) is 2.49. The van der Waals surface area contributed by atoms with E-state index in [9.17, 15) is 28.8 Å². The minimum Gasteiger partial charge on any atom is -0.370 e. The minimum atomic E-state index is -1.18. The number of rotatable bonds is 26. The number of fused-ring (bicyclic) bond motifs is 1. The van der Waals surface area contributed by atoms with E-state index in [0.717, 1.165) is 33.2 Å². The van der Waals surface area contributed by atoms with Crippen LogP contribution >= 0.6 is 0 Å². The summed E-state index contributed by atoms with van der Waals surface area (Å²) in [4.78, 5) is 87.0. The molecule has 16 nitrogen and oxygen atoms in total. The number of H-pyrrole nitrogens is 1. The van der Waals surface area contributed by atoms with Crippen LogP contribution in [0.15, 0.2) is 90.1 Å². The number of carbonyl (C=O) groups excluding carboxylic acids is 6. The van der Waals surface area contributed by atoms with Gasteiger partial charge < -0.3 is 53.6 Å². The van der Waals surface area contributed by atoms with E-state index in [0.29, 0.717) is 38.5 Å². The van der Waals surface area contributed by atoms with Crippen LogP contribution in [0.1, 0.15) is 69.9 Å². The summed E-state index contributed by atoms with van der Waals surface area (Å²) in [7, 11) is 0. The van der Waals surface area contributed by atoms with Gasteiger partial charge in [0.15, 0.2) is 5.96 Å². The number of nitrogens with two attached hydrogens (primary N) is 3. The van der Waals surface area contributed by atoms with E-state index in [1.165, 1.54) is 0 Å². The Kier molecular flexibility index (Phi) is 19.6. The number of aromatic nitrogens is 1. The summed E-state index contributed by atoms with van der Waals surface area (Å²) in [5.41, 5.74) is 21.4. The molecule has 0 spiro atoms. The van der Waals surface area contributed by atoms with Crippen molar-refractivity contribution in [2.24, 2.45) is 28.1 Å². The number of aldehydes is 1. The first-order chi connectivity index (χ1) is 29.9. The number of amides is 5. The average molecular weight is 851 g/mol. The molecule has 0 aliphatic rings. The number of hydrogen-bond acceptors (Lipinski definition) is 8. The molecule has 16 heteroatoms. The topological polar surface area (TPSA) is 269 Å². The fourth-order valence-corrected chi connectivity index (χ4v) is 7.03. The first kappa shape index (κ1) is 48.1. The van der Waals surface area contributed by atoms with Crippen LogP contribution in [0.4, 0.5) is 0 Å². The fourth-order valence-electron chi connectivity index (χ4n) is 7.03. The van der Waals surface area contributed by atoms with Gasteiger partial charge in [0.2, 0.25) is 29.5 Å². The van der Waals surface area contributed by atoms with E-state index >= 15 is 0 Å². The van der Waals surface area contributed by atoms with Crippen molar-refractivity contribution in [3.8, 4) is 11.1 Å². The van der Waals surface area contributed by atoms with Crippen LogP contribution in [0, 0.1) is 5.92 Å². The zero-order valence-electron chi connectivity index (χ0n) is 35.7. The Labute approximate surface area is 363 Å². The molecule has 1 aromatic heterocycles. The number of hydrogen-bond donors (Lipinski definition) is 9. The molecule has 0 aliphatic heterocycles. The Hall–Kier alpha value is -6.55. The van der Waals surface area contributed by atoms with Crippen LogP contribution in [0.25, 0.3) is 22.0 Å². The summed E-state index contributed by atoms with van der Waals surface area (Å²) in [6.45, 7) is 4.01. The average Bonchev–Trinajstić information content (AvgIpc) is 3.68. The summed E-state index contributed by atoms with van der Waals surface area (Å²) in [5.74, 6) is -2.81. The third kappa shape index (κ3) is 16.1. The third-order valence-corrected chi connectivity index (χ3v) is 10.3. The Bertz CT molecular complexity index is 2100. The molecule has 3 unspecified atom stereocenters. The van der Waals surface area contributed by atoms with Crippen molar-refractivity contribution in [1.82, 2.24) is 31.6 Å². The van der Waals surface area contributed by atoms with Crippen LogP contribution in [-0.2, 0) is 41.6 Å². The summed E-state index contributed by atoms with van der Waals surface area (Å²) in [5, 5.41) is 14.7. The lowest BCUT2D eigenvalue weighted by molar-refractivity contribution is -0.134. The Morgan fingerprint density at radius 2 is 1.35 bits per heavy atom. The van der Waals surface area contributed by atoms with E-state index in [1.54, 1.807) is 0 Å². The largest absolute Gasteiger partial charge is 0.370 e. The van der Waals surface area contributed by atoms with Gasteiger partial charge in [-0.2, -0.15) is 0 Å². The van der Waals surface area contributed by atoms with Crippen LogP contribution in [0.3, 0.4) is 0 Å². The number of aliphatic imine (C=N–C) groups is 1. The highest BCUT2D eigenvalue weighted by molar-refractivity contribution is 5.95. The van der Waals surface area contributed by atoms with Gasteiger partial charge >= 0.3 is 0 Å². The van der Waals surface area contributed by atoms with Crippen molar-refractivity contribution < 1.29 is 28.8 Å². The molecular formula is C46H62N10O6. The second kappa shape index (κ2) is 25.3. The number of carbonyl (C=O) groups is 6. The normalized spacial score (nSPS) is 13.0. The number of para-hydroxylation sites is 1. The molecule has 0 bridgehead atoms. The van der Waals surface area contributed by atoms with E-state index in [4.69, 9.17) is 17.2 Å². The van der Waals surface area contributed by atoms with Gasteiger partial charge in [-0.25, -0.2) is 0 Å². The molecule has 4 aromatic rings. The predicted molar refractivity (Wildman–Crippen MR) is 241 cm³/mol. The molecule has 5 amide bonds. The number of nitrogens with one attached hydrogen (secondary N) is 6. The highest BCUT2D eigenvalue weighted by atomic mass is 16.2. The number of aromatic amines is 1. The molecule has 0 fully saturated rings. The van der Waals surface area contributed by atoms with Crippen molar-refractivity contribution >= 4 is 52.7 Å². The molecule has 4 atom stereocenters. The van der Waals surface area contributed by atoms with E-state index < -0.39 is 47.8 Å². The van der Waals surface area contributed by atoms with Crippen molar-refractivity contribution in [3.05, 3.63) is 96.2 Å². The Morgan fingerprint density at radius 3 is 2.02 bits per heavy atom. The highest BCUT2D eigenvalue weighted by Gasteiger charge is 2.30. The van der Waals surface area contributed by atoms with Gasteiger partial charge in [-0.15, -0.1) is 0 Å². The van der Waals surface area contributed by atoms with Gasteiger partial charge in [-0.1, -0.05) is 86.6 Å². The van der Waals surface area contributed by atoms with E-state index in [1.807, 2.05) is 98.9 Å². The summed E-state index contributed by atoms with van der Waals surface area (Å²) in [6, 6.07) is 21.0. The summed E-state index contributed by atoms with van der Waals surface area (Å²) in [6.07, 6.45) is 5.31. The Morgan fingerprint density at radius 1 is 0.726 bits per heavy atom. The van der Waals surface area contributed by atoms with Gasteiger partial charge in [0.1, 0.15) is 24.4 Å². The lowest BCUT2D eigenvalue weighted by Gasteiger charge is -2.26. The quantitative estimate of drug-likeness (QED) is 0.0194. The molecule has 3 aromatic carbocycles. The minimum absolute atomic E-state index is 0.0521. The Balaban J connectivity index is 1.51. The van der Waals surface area contributed by atoms with E-state index in [-0.39, 0.29) is 63.0 Å². The van der Waals surface area contributed by atoms with Crippen molar-refractivity contribution in [1.29, 1.82) is 0 Å². The lowest BCUT2D eigenvalue weighted by atomic mass is 9.99. The molecule has 0 aliphatic carbocycles. The molecule has 0 radical (unpaired) electrons. The first-order valence-corrected chi connectivity index (χ1v) is 21.2. The maximum absolute atomic E-state index is 14.2. The second-order valence-corrected chi connectivity index (χ2v) is 15.8. The molecule has 0 saturated carbocycles. The zero-order chi connectivity index (χ0) is 44.9. The lowest BCUT2D eigenvalue weighted by Crippen LogP contribution is -2.58.